The molecule has 0 fully saturated rings. The molecule has 66 heavy (non-hydrogen) atoms. The molecule has 0 saturated carbocycles. The molecule has 0 radical (unpaired) electrons. The Hall–Kier alpha value is -6.70. The molecule has 0 bridgehead atoms. The Balaban J connectivity index is 4.88. The van der Waals surface area contributed by atoms with Crippen molar-refractivity contribution in [3.05, 3.63) is 92.9 Å². The van der Waals surface area contributed by atoms with Crippen molar-refractivity contribution < 1.29 is 24.8 Å². The van der Waals surface area contributed by atoms with Crippen LogP contribution in [0, 0.1) is 82.9 Å². The zero-order chi connectivity index (χ0) is 47.9. The summed E-state index contributed by atoms with van der Waals surface area (Å²) in [5, 5.41) is 34.7. The van der Waals surface area contributed by atoms with Crippen molar-refractivity contribution in [2.45, 2.75) is 128 Å². The summed E-state index contributed by atoms with van der Waals surface area (Å²) in [6.45, 7) is 10.9. The van der Waals surface area contributed by atoms with Crippen LogP contribution in [0.4, 0.5) is 0 Å². The predicted molar refractivity (Wildman–Crippen MR) is 263 cm³/mol. The van der Waals surface area contributed by atoms with Gasteiger partial charge in [-0.2, -0.15) is 0 Å². The number of aliphatic hydroxyl groups excluding tert-OH is 3. The molecular formula is C59H64N2O5. The number of ether oxygens (including phenoxy) is 2. The summed E-state index contributed by atoms with van der Waals surface area (Å²) in [6, 6.07) is 0. The number of rotatable bonds is 31. The molecular weight excluding hydrogens is 817 g/mol. The highest BCUT2D eigenvalue weighted by Crippen LogP contribution is 2.14. The highest BCUT2D eigenvalue weighted by atomic mass is 16.5. The van der Waals surface area contributed by atoms with E-state index in [0.717, 1.165) is 12.8 Å². The van der Waals surface area contributed by atoms with Gasteiger partial charge in [-0.15, -0.1) is 0 Å². The molecule has 0 spiro atoms. The molecule has 0 aromatic rings. The number of hydrogen-bond acceptors (Lipinski definition) is 7. The number of aliphatic hydroxyl groups is 3. The molecule has 3 unspecified atom stereocenters. The van der Waals surface area contributed by atoms with Gasteiger partial charge in [-0.25, -0.2) is 0 Å². The second kappa shape index (κ2) is 50.9. The van der Waals surface area contributed by atoms with Gasteiger partial charge in [0.1, 0.15) is 6.10 Å². The van der Waals surface area contributed by atoms with Gasteiger partial charge in [-0.1, -0.05) is 120 Å². The minimum absolute atomic E-state index is 0.257. The average molecular weight is 881 g/mol. The summed E-state index contributed by atoms with van der Waals surface area (Å²) < 4.78 is 11.4. The van der Waals surface area contributed by atoms with Crippen LogP contribution in [0.2, 0.25) is 0 Å². The van der Waals surface area contributed by atoms with E-state index in [-0.39, 0.29) is 13.1 Å². The van der Waals surface area contributed by atoms with Gasteiger partial charge < -0.3 is 30.1 Å². The standard InChI is InChI=1S/C59H64N2O5/c1-4-7-10-13-16-19-22-25-28-31-34-37-40-43-46-58(63)55-61(56-59(64)47-44-41-38-35-32-29-26-23-20-17-14-11-8-5-2)49-51-66-53-52-65-50-48-60-54-57(62)45-42-39-36-33-30-27-24-21-18-15-12-9-6-3/h46,57-60,62-64H,1,5,8,11,14,17,20,23,26,29,32,35,38,41,44,47-56H2,2-3H3. The lowest BCUT2D eigenvalue weighted by Gasteiger charge is -2.26. The molecule has 0 aliphatic heterocycles. The Bertz CT molecular complexity index is 2430. The SMILES string of the molecule is C=C=C=C=C=C=C=C=C=C=C=C=C=C=C=CC(O)CN(CCOCCOCCNCC(O)C#CC#CC#CC#CC#CC#CC#CC)CC(O)CCCCCCCCCCCCCCCC. The van der Waals surface area contributed by atoms with Gasteiger partial charge in [0.15, 0.2) is 0 Å². The maximum atomic E-state index is 10.9. The molecule has 340 valence electrons. The Labute approximate surface area is 396 Å². The maximum Gasteiger partial charge on any atom is 0.128 e. The average Bonchev–Trinajstić information content (AvgIpc) is 3.31. The van der Waals surface area contributed by atoms with E-state index < -0.39 is 18.3 Å². The molecule has 0 aromatic carbocycles. The molecule has 0 saturated heterocycles. The van der Waals surface area contributed by atoms with Crippen LogP contribution in [0.5, 0.6) is 0 Å². The van der Waals surface area contributed by atoms with Crippen LogP contribution < -0.4 is 5.32 Å². The molecule has 0 amide bonds. The first-order chi connectivity index (χ1) is 32.5. The van der Waals surface area contributed by atoms with Gasteiger partial charge in [0, 0.05) is 32.7 Å². The first kappa shape index (κ1) is 59.3. The van der Waals surface area contributed by atoms with Crippen LogP contribution in [0.15, 0.2) is 92.9 Å². The van der Waals surface area contributed by atoms with E-state index in [2.05, 4.69) is 182 Å². The van der Waals surface area contributed by atoms with E-state index in [1.807, 2.05) is 4.90 Å². The fraction of sp³-hybridized carbons (Fsp3) is 0.492. The van der Waals surface area contributed by atoms with Crippen molar-refractivity contribution >= 4 is 0 Å². The summed E-state index contributed by atoms with van der Waals surface area (Å²) in [5.74, 6) is 35.8. The number of unbranched alkanes of at least 4 members (excludes halogenated alkanes) is 13. The fourth-order valence-corrected chi connectivity index (χ4v) is 5.51. The number of nitrogens with zero attached hydrogens (tertiary/aromatic N) is 1. The molecule has 7 heteroatoms. The predicted octanol–water partition coefficient (Wildman–Crippen LogP) is 7.27. The highest BCUT2D eigenvalue weighted by Gasteiger charge is 2.15. The van der Waals surface area contributed by atoms with Crippen molar-refractivity contribution in [2.24, 2.45) is 0 Å². The van der Waals surface area contributed by atoms with Crippen molar-refractivity contribution in [3.8, 4) is 82.9 Å². The molecule has 7 nitrogen and oxygen atoms in total. The summed E-state index contributed by atoms with van der Waals surface area (Å²) in [7, 11) is 0. The monoisotopic (exact) mass is 880 g/mol. The van der Waals surface area contributed by atoms with Gasteiger partial charge >= 0.3 is 0 Å². The van der Waals surface area contributed by atoms with Crippen molar-refractivity contribution in [1.82, 2.24) is 10.2 Å². The number of hydrogen-bond donors (Lipinski definition) is 4. The van der Waals surface area contributed by atoms with E-state index in [0.29, 0.717) is 52.5 Å². The van der Waals surface area contributed by atoms with Gasteiger partial charge in [0.25, 0.3) is 0 Å². The zero-order valence-electron chi connectivity index (χ0n) is 39.1. The molecule has 0 aromatic heterocycles. The van der Waals surface area contributed by atoms with Crippen LogP contribution in [0.3, 0.4) is 0 Å². The molecule has 3 atom stereocenters. The molecule has 0 aliphatic carbocycles. The van der Waals surface area contributed by atoms with Crippen molar-refractivity contribution in [2.75, 3.05) is 59.2 Å². The second-order valence-electron chi connectivity index (χ2n) is 14.2. The third-order valence-electron chi connectivity index (χ3n) is 8.66. The van der Waals surface area contributed by atoms with E-state index in [4.69, 9.17) is 9.47 Å². The number of nitrogens with one attached hydrogen (secondary N) is 1. The van der Waals surface area contributed by atoms with Crippen LogP contribution in [0.1, 0.15) is 110 Å². The second-order valence-corrected chi connectivity index (χ2v) is 14.2. The lowest BCUT2D eigenvalue weighted by atomic mass is 10.0. The molecule has 0 heterocycles. The van der Waals surface area contributed by atoms with Gasteiger partial charge in [0.05, 0.1) is 38.6 Å². The molecule has 0 rings (SSSR count). The fourth-order valence-electron chi connectivity index (χ4n) is 5.51. The maximum absolute atomic E-state index is 10.9. The summed E-state index contributed by atoms with van der Waals surface area (Å²) in [6.07, 6.45) is 17.9. The summed E-state index contributed by atoms with van der Waals surface area (Å²) >= 11 is 0. The Morgan fingerprint density at radius 2 is 0.985 bits per heavy atom. The topological polar surface area (TPSA) is 94.4 Å². The zero-order valence-corrected chi connectivity index (χ0v) is 39.1. The highest BCUT2D eigenvalue weighted by molar-refractivity contribution is 5.45. The molecule has 0 aliphatic rings. The van der Waals surface area contributed by atoms with Gasteiger partial charge in [-0.05, 0) is 166 Å². The first-order valence-electron chi connectivity index (χ1n) is 22.7. The Kier molecular flexibility index (Phi) is 45.8. The third-order valence-corrected chi connectivity index (χ3v) is 8.66. The van der Waals surface area contributed by atoms with E-state index in [9.17, 15) is 15.3 Å². The Morgan fingerprint density at radius 3 is 1.50 bits per heavy atom. The Morgan fingerprint density at radius 1 is 0.530 bits per heavy atom. The lowest BCUT2D eigenvalue weighted by Crippen LogP contribution is -2.39. The summed E-state index contributed by atoms with van der Waals surface area (Å²) in [4.78, 5) is 1.99. The minimum Gasteiger partial charge on any atom is -0.392 e. The largest absolute Gasteiger partial charge is 0.392 e. The minimum atomic E-state index is -0.893. The summed E-state index contributed by atoms with van der Waals surface area (Å²) in [5.41, 5.74) is 35.8. The normalized spacial score (nSPS) is 9.85. The lowest BCUT2D eigenvalue weighted by molar-refractivity contribution is 0.0243. The quantitative estimate of drug-likeness (QED) is 0.0331. The van der Waals surface area contributed by atoms with E-state index >= 15 is 0 Å². The van der Waals surface area contributed by atoms with Crippen LogP contribution in [-0.2, 0) is 9.47 Å². The van der Waals surface area contributed by atoms with Crippen LogP contribution >= 0.6 is 0 Å². The van der Waals surface area contributed by atoms with Crippen molar-refractivity contribution in [1.29, 1.82) is 0 Å². The van der Waals surface area contributed by atoms with Gasteiger partial charge in [-0.3, -0.25) is 4.90 Å². The van der Waals surface area contributed by atoms with Crippen LogP contribution in [0.25, 0.3) is 0 Å². The van der Waals surface area contributed by atoms with Crippen molar-refractivity contribution in [3.63, 3.8) is 0 Å². The smallest absolute Gasteiger partial charge is 0.128 e. The van der Waals surface area contributed by atoms with E-state index in [1.165, 1.54) is 83.1 Å². The third kappa shape index (κ3) is 48.3. The molecule has 4 N–H and O–H groups in total. The van der Waals surface area contributed by atoms with E-state index in [1.54, 1.807) is 6.92 Å². The first-order valence-corrected chi connectivity index (χ1v) is 22.7. The van der Waals surface area contributed by atoms with Crippen LogP contribution in [-0.4, -0.2) is 97.7 Å². The van der Waals surface area contributed by atoms with Gasteiger partial charge in [0.2, 0.25) is 0 Å².